The molecule has 7 nitrogen and oxygen atoms in total. The molecule has 0 saturated carbocycles. The molecule has 2 N–H and O–H groups in total. The highest BCUT2D eigenvalue weighted by atomic mass is 32.2. The van der Waals surface area contributed by atoms with Crippen LogP contribution in [-0.4, -0.2) is 37.2 Å². The number of carbonyl (C=O) groups is 2. The minimum absolute atomic E-state index is 0.00283. The number of ether oxygens (including phenoxy) is 1. The lowest BCUT2D eigenvalue weighted by atomic mass is 10.0. The second-order valence-corrected chi connectivity index (χ2v) is 8.27. The lowest BCUT2D eigenvalue weighted by molar-refractivity contribution is -0.125. The van der Waals surface area contributed by atoms with Crippen LogP contribution in [0.3, 0.4) is 0 Å². The average Bonchev–Trinajstić information content (AvgIpc) is 2.67. The summed E-state index contributed by atoms with van der Waals surface area (Å²) in [7, 11) is -3.77. The van der Waals surface area contributed by atoms with E-state index in [4.69, 9.17) is 10.5 Å². The number of nitrogens with zero attached hydrogens (tertiary/aromatic N) is 1. The lowest BCUT2D eigenvalue weighted by Gasteiger charge is -2.28. The number of primary amides is 1. The first-order valence-corrected chi connectivity index (χ1v) is 9.90. The molecule has 0 saturated heterocycles. The van der Waals surface area contributed by atoms with Crippen molar-refractivity contribution in [3.63, 3.8) is 0 Å². The molecule has 142 valence electrons. The van der Waals surface area contributed by atoms with Gasteiger partial charge in [0.05, 0.1) is 10.5 Å². The van der Waals surface area contributed by atoms with Crippen molar-refractivity contribution in [2.45, 2.75) is 30.9 Å². The maximum absolute atomic E-state index is 13.0. The van der Waals surface area contributed by atoms with Crippen LogP contribution in [0.15, 0.2) is 53.4 Å². The molecule has 8 heteroatoms. The molecule has 27 heavy (non-hydrogen) atoms. The van der Waals surface area contributed by atoms with E-state index >= 15 is 0 Å². The van der Waals surface area contributed by atoms with Gasteiger partial charge in [-0.1, -0.05) is 30.3 Å². The van der Waals surface area contributed by atoms with Crippen LogP contribution in [0.25, 0.3) is 0 Å². The summed E-state index contributed by atoms with van der Waals surface area (Å²) in [5.74, 6) is -1.58. The van der Waals surface area contributed by atoms with Crippen LogP contribution in [0, 0.1) is 0 Å². The number of esters is 1. The Hall–Kier alpha value is -2.71. The SMILES string of the molecule is CC(OC(=O)c1cccc(S(=O)(=O)N2CCc3ccccc3C2)c1)C(N)=O. The second-order valence-electron chi connectivity index (χ2n) is 6.34. The third-order valence-electron chi connectivity index (χ3n) is 4.49. The zero-order chi connectivity index (χ0) is 19.6. The van der Waals surface area contributed by atoms with Crippen LogP contribution in [-0.2, 0) is 32.5 Å². The van der Waals surface area contributed by atoms with E-state index in [1.54, 1.807) is 0 Å². The standard InChI is InChI=1S/C19H20N2O5S/c1-13(18(20)22)26-19(23)15-7-4-8-17(11-15)27(24,25)21-10-9-14-5-2-3-6-16(14)12-21/h2-8,11,13H,9-10,12H2,1H3,(H2,20,22). The second kappa shape index (κ2) is 7.50. The fourth-order valence-corrected chi connectivity index (χ4v) is 4.36. The molecule has 1 amide bonds. The average molecular weight is 388 g/mol. The van der Waals surface area contributed by atoms with Gasteiger partial charge in [-0.05, 0) is 42.7 Å². The van der Waals surface area contributed by atoms with Gasteiger partial charge in [-0.25, -0.2) is 13.2 Å². The summed E-state index contributed by atoms with van der Waals surface area (Å²) in [6.45, 7) is 2.00. The minimum atomic E-state index is -3.77. The minimum Gasteiger partial charge on any atom is -0.449 e. The predicted octanol–water partition coefficient (Wildman–Crippen LogP) is 1.46. The van der Waals surface area contributed by atoms with Gasteiger partial charge in [0, 0.05) is 13.1 Å². The monoisotopic (exact) mass is 388 g/mol. The van der Waals surface area contributed by atoms with Crippen LogP contribution in [0.2, 0.25) is 0 Å². The third-order valence-corrected chi connectivity index (χ3v) is 6.33. The molecule has 0 aromatic heterocycles. The normalized spacial score (nSPS) is 15.6. The molecule has 3 rings (SSSR count). The van der Waals surface area contributed by atoms with E-state index in [2.05, 4.69) is 0 Å². The zero-order valence-electron chi connectivity index (χ0n) is 14.8. The van der Waals surface area contributed by atoms with Crippen LogP contribution < -0.4 is 5.73 Å². The van der Waals surface area contributed by atoms with Crippen molar-refractivity contribution >= 4 is 21.9 Å². The number of fused-ring (bicyclic) bond motifs is 1. The Bertz CT molecular complexity index is 987. The van der Waals surface area contributed by atoms with Crippen molar-refractivity contribution in [2.24, 2.45) is 5.73 Å². The summed E-state index contributed by atoms with van der Waals surface area (Å²) in [6.07, 6.45) is -0.468. The van der Waals surface area contributed by atoms with Gasteiger partial charge in [0.25, 0.3) is 5.91 Å². The topological polar surface area (TPSA) is 107 Å². The number of hydrogen-bond acceptors (Lipinski definition) is 5. The highest BCUT2D eigenvalue weighted by molar-refractivity contribution is 7.89. The first-order chi connectivity index (χ1) is 12.8. The molecule has 0 bridgehead atoms. The van der Waals surface area contributed by atoms with E-state index in [0.29, 0.717) is 13.0 Å². The zero-order valence-corrected chi connectivity index (χ0v) is 15.6. The number of hydrogen-bond donors (Lipinski definition) is 1. The van der Waals surface area contributed by atoms with Gasteiger partial charge < -0.3 is 10.5 Å². The maximum Gasteiger partial charge on any atom is 0.338 e. The Morgan fingerprint density at radius 2 is 1.81 bits per heavy atom. The number of amides is 1. The smallest absolute Gasteiger partial charge is 0.338 e. The van der Waals surface area contributed by atoms with Crippen molar-refractivity contribution in [1.82, 2.24) is 4.31 Å². The van der Waals surface area contributed by atoms with Gasteiger partial charge in [0.2, 0.25) is 10.0 Å². The summed E-state index contributed by atoms with van der Waals surface area (Å²) in [5.41, 5.74) is 7.23. The van der Waals surface area contributed by atoms with Crippen molar-refractivity contribution < 1.29 is 22.7 Å². The van der Waals surface area contributed by atoms with Gasteiger partial charge >= 0.3 is 5.97 Å². The van der Waals surface area contributed by atoms with Gasteiger partial charge in [0.15, 0.2) is 6.10 Å². The van der Waals surface area contributed by atoms with Crippen LogP contribution in [0.5, 0.6) is 0 Å². The Morgan fingerprint density at radius 1 is 1.11 bits per heavy atom. The molecule has 1 atom stereocenters. The van der Waals surface area contributed by atoms with Crippen LogP contribution in [0.1, 0.15) is 28.4 Å². The molecule has 0 fully saturated rings. The molecule has 2 aromatic carbocycles. The molecule has 1 heterocycles. The van der Waals surface area contributed by atoms with Crippen LogP contribution in [0.4, 0.5) is 0 Å². The molecular formula is C19H20N2O5S. The molecule has 0 spiro atoms. The molecule has 2 aromatic rings. The van der Waals surface area contributed by atoms with E-state index in [0.717, 1.165) is 11.1 Å². The molecule has 0 radical (unpaired) electrons. The number of carbonyl (C=O) groups excluding carboxylic acids is 2. The third kappa shape index (κ3) is 4.01. The highest BCUT2D eigenvalue weighted by Gasteiger charge is 2.29. The number of benzene rings is 2. The number of nitrogens with two attached hydrogens (primary N) is 1. The lowest BCUT2D eigenvalue weighted by Crippen LogP contribution is -2.36. The maximum atomic E-state index is 13.0. The Labute approximate surface area is 157 Å². The number of rotatable bonds is 5. The van der Waals surface area contributed by atoms with E-state index in [9.17, 15) is 18.0 Å². The Morgan fingerprint density at radius 3 is 2.52 bits per heavy atom. The van der Waals surface area contributed by atoms with Crippen LogP contribution >= 0.6 is 0 Å². The Kier molecular flexibility index (Phi) is 5.29. The first kappa shape index (κ1) is 19.1. The molecule has 1 unspecified atom stereocenters. The summed E-state index contributed by atoms with van der Waals surface area (Å²) in [4.78, 5) is 23.2. The van der Waals surface area contributed by atoms with Crippen molar-refractivity contribution in [3.8, 4) is 0 Å². The van der Waals surface area contributed by atoms with Crippen molar-refractivity contribution in [2.75, 3.05) is 6.54 Å². The Balaban J connectivity index is 1.84. The summed E-state index contributed by atoms with van der Waals surface area (Å²) >= 11 is 0. The van der Waals surface area contributed by atoms with Gasteiger partial charge in [-0.2, -0.15) is 4.31 Å². The molecule has 1 aliphatic heterocycles. The summed E-state index contributed by atoms with van der Waals surface area (Å²) < 4.78 is 32.3. The van der Waals surface area contributed by atoms with Crippen molar-refractivity contribution in [3.05, 3.63) is 65.2 Å². The largest absolute Gasteiger partial charge is 0.449 e. The van der Waals surface area contributed by atoms with E-state index in [1.807, 2.05) is 24.3 Å². The number of sulfonamides is 1. The van der Waals surface area contributed by atoms with E-state index < -0.39 is 28.0 Å². The molecular weight excluding hydrogens is 368 g/mol. The highest BCUT2D eigenvalue weighted by Crippen LogP contribution is 2.25. The molecule has 1 aliphatic rings. The summed E-state index contributed by atoms with van der Waals surface area (Å²) in [6, 6.07) is 13.3. The summed E-state index contributed by atoms with van der Waals surface area (Å²) in [5, 5.41) is 0. The van der Waals surface area contributed by atoms with Gasteiger partial charge in [-0.3, -0.25) is 4.79 Å². The van der Waals surface area contributed by atoms with Crippen molar-refractivity contribution in [1.29, 1.82) is 0 Å². The quantitative estimate of drug-likeness (QED) is 0.781. The predicted molar refractivity (Wildman–Crippen MR) is 98.3 cm³/mol. The first-order valence-electron chi connectivity index (χ1n) is 8.46. The van der Waals surface area contributed by atoms with Gasteiger partial charge in [0.1, 0.15) is 0 Å². The molecule has 0 aliphatic carbocycles. The fraction of sp³-hybridized carbons (Fsp3) is 0.263. The van der Waals surface area contributed by atoms with E-state index in [-0.39, 0.29) is 17.0 Å². The van der Waals surface area contributed by atoms with Gasteiger partial charge in [-0.15, -0.1) is 0 Å². The van der Waals surface area contributed by atoms with E-state index in [1.165, 1.54) is 35.5 Å². The fourth-order valence-electron chi connectivity index (χ4n) is 2.89.